The largest absolute Gasteiger partial charge is 0.100 e. The minimum Gasteiger partial charge on any atom is -0.100 e. The molecule has 0 aromatic carbocycles. The first-order chi connectivity index (χ1) is 6.16. The summed E-state index contributed by atoms with van der Waals surface area (Å²) in [6.45, 7) is 10.2. The quantitative estimate of drug-likeness (QED) is 0.315. The van der Waals surface area contributed by atoms with E-state index < -0.39 is 0 Å². The second-order valence-corrected chi connectivity index (χ2v) is 3.70. The fraction of sp³-hybridized carbons (Fsp3) is 0.538. The van der Waals surface area contributed by atoms with Gasteiger partial charge >= 0.3 is 0 Å². The van der Waals surface area contributed by atoms with Gasteiger partial charge in [-0.1, -0.05) is 29.4 Å². The maximum Gasteiger partial charge on any atom is -0.0320 e. The highest BCUT2D eigenvalue weighted by Gasteiger charge is 1.91. The van der Waals surface area contributed by atoms with Crippen LogP contribution in [-0.2, 0) is 0 Å². The molecule has 0 saturated carbocycles. The summed E-state index contributed by atoms with van der Waals surface area (Å²) in [6, 6.07) is 0. The molecular weight excluding hydrogens is 156 g/mol. The van der Waals surface area contributed by atoms with E-state index in [2.05, 4.69) is 38.7 Å². The highest BCUT2D eigenvalue weighted by Crippen LogP contribution is 2.10. The van der Waals surface area contributed by atoms with E-state index in [1.165, 1.54) is 36.8 Å². The summed E-state index contributed by atoms with van der Waals surface area (Å²) in [6.07, 6.45) is 11.3. The zero-order valence-corrected chi connectivity index (χ0v) is 9.27. The van der Waals surface area contributed by atoms with Crippen LogP contribution in [0.3, 0.4) is 0 Å². The lowest BCUT2D eigenvalue weighted by atomic mass is 10.1. The summed E-state index contributed by atoms with van der Waals surface area (Å²) < 4.78 is 0. The molecule has 0 unspecified atom stereocenters. The zero-order valence-electron chi connectivity index (χ0n) is 9.27. The number of rotatable bonds is 6. The van der Waals surface area contributed by atoms with E-state index >= 15 is 0 Å². The lowest BCUT2D eigenvalue weighted by Gasteiger charge is -2.00. The smallest absolute Gasteiger partial charge is 0.0320 e. The van der Waals surface area contributed by atoms with E-state index in [1.807, 2.05) is 6.92 Å². The molecule has 0 N–H and O–H groups in total. The van der Waals surface area contributed by atoms with Crippen LogP contribution in [0, 0.1) is 0 Å². The summed E-state index contributed by atoms with van der Waals surface area (Å²) in [7, 11) is 0. The van der Waals surface area contributed by atoms with Crippen molar-refractivity contribution in [2.75, 3.05) is 0 Å². The van der Waals surface area contributed by atoms with E-state index in [9.17, 15) is 0 Å². The first-order valence-corrected chi connectivity index (χ1v) is 5.09. The molecule has 0 saturated heterocycles. The SMILES string of the molecule is C=C(C)CCCC/C(C)=C/C=C\C. The molecule has 13 heavy (non-hydrogen) atoms. The number of allylic oxidation sites excluding steroid dienone is 5. The highest BCUT2D eigenvalue weighted by atomic mass is 14.0. The van der Waals surface area contributed by atoms with Crippen LogP contribution in [0.1, 0.15) is 46.5 Å². The molecule has 0 rings (SSSR count). The molecule has 0 heteroatoms. The van der Waals surface area contributed by atoms with Gasteiger partial charge in [-0.25, -0.2) is 0 Å². The van der Waals surface area contributed by atoms with E-state index in [1.54, 1.807) is 0 Å². The summed E-state index contributed by atoms with van der Waals surface area (Å²) in [4.78, 5) is 0. The minimum absolute atomic E-state index is 1.18. The third-order valence-electron chi connectivity index (χ3n) is 2.00. The minimum atomic E-state index is 1.18. The lowest BCUT2D eigenvalue weighted by Crippen LogP contribution is -1.80. The zero-order chi connectivity index (χ0) is 10.1. The molecule has 0 aromatic rings. The number of unbranched alkanes of at least 4 members (excludes halogenated alkanes) is 1. The Morgan fingerprint density at radius 3 is 2.31 bits per heavy atom. The van der Waals surface area contributed by atoms with Crippen molar-refractivity contribution in [3.8, 4) is 0 Å². The van der Waals surface area contributed by atoms with Gasteiger partial charge in [0.15, 0.2) is 0 Å². The fourth-order valence-corrected chi connectivity index (χ4v) is 1.17. The molecule has 0 aliphatic heterocycles. The number of hydrogen-bond donors (Lipinski definition) is 0. The topological polar surface area (TPSA) is 0 Å². The Morgan fingerprint density at radius 1 is 1.15 bits per heavy atom. The third kappa shape index (κ3) is 9.13. The monoisotopic (exact) mass is 178 g/mol. The van der Waals surface area contributed by atoms with Crippen molar-refractivity contribution >= 4 is 0 Å². The first-order valence-electron chi connectivity index (χ1n) is 5.09. The summed E-state index contributed by atoms with van der Waals surface area (Å²) in [5.74, 6) is 0. The predicted octanol–water partition coefficient (Wildman–Crippen LogP) is 4.65. The van der Waals surface area contributed by atoms with E-state index in [-0.39, 0.29) is 0 Å². The van der Waals surface area contributed by atoms with Crippen LogP contribution < -0.4 is 0 Å². The molecule has 0 aliphatic carbocycles. The Hall–Kier alpha value is -0.780. The first kappa shape index (κ1) is 12.2. The molecule has 0 heterocycles. The van der Waals surface area contributed by atoms with Crippen molar-refractivity contribution in [1.29, 1.82) is 0 Å². The van der Waals surface area contributed by atoms with Crippen LogP contribution in [0.5, 0.6) is 0 Å². The molecule has 0 radical (unpaired) electrons. The van der Waals surface area contributed by atoms with Crippen molar-refractivity contribution in [1.82, 2.24) is 0 Å². The Balaban J connectivity index is 3.47. The fourth-order valence-electron chi connectivity index (χ4n) is 1.17. The Bertz CT molecular complexity index is 194. The molecule has 0 atom stereocenters. The third-order valence-corrected chi connectivity index (χ3v) is 2.00. The van der Waals surface area contributed by atoms with Crippen molar-refractivity contribution in [3.05, 3.63) is 36.0 Å². The highest BCUT2D eigenvalue weighted by molar-refractivity contribution is 5.09. The normalized spacial score (nSPS) is 12.4. The molecule has 0 aromatic heterocycles. The van der Waals surface area contributed by atoms with Gasteiger partial charge in [-0.2, -0.15) is 0 Å². The molecule has 0 aliphatic rings. The van der Waals surface area contributed by atoms with Gasteiger partial charge in [-0.3, -0.25) is 0 Å². The Kier molecular flexibility index (Phi) is 7.38. The van der Waals surface area contributed by atoms with Crippen molar-refractivity contribution in [2.24, 2.45) is 0 Å². The Morgan fingerprint density at radius 2 is 1.77 bits per heavy atom. The van der Waals surface area contributed by atoms with Crippen LogP contribution in [0.2, 0.25) is 0 Å². The van der Waals surface area contributed by atoms with E-state index in [0.29, 0.717) is 0 Å². The van der Waals surface area contributed by atoms with Gasteiger partial charge in [-0.05, 0) is 46.5 Å². The molecule has 74 valence electrons. The van der Waals surface area contributed by atoms with Crippen molar-refractivity contribution in [3.63, 3.8) is 0 Å². The standard InChI is InChI=1S/C13H22/c1-5-6-10-13(4)11-8-7-9-12(2)3/h5-6,10H,2,7-9,11H2,1,3-4H3/b6-5-,13-10+. The van der Waals surface area contributed by atoms with E-state index in [4.69, 9.17) is 0 Å². The molecule has 0 fully saturated rings. The predicted molar refractivity (Wildman–Crippen MR) is 61.9 cm³/mol. The van der Waals surface area contributed by atoms with Crippen LogP contribution in [-0.4, -0.2) is 0 Å². The molecule has 0 amide bonds. The average molecular weight is 178 g/mol. The van der Waals surface area contributed by atoms with Gasteiger partial charge in [0, 0.05) is 0 Å². The van der Waals surface area contributed by atoms with Gasteiger partial charge in [0.1, 0.15) is 0 Å². The summed E-state index contributed by atoms with van der Waals surface area (Å²) >= 11 is 0. The second-order valence-electron chi connectivity index (χ2n) is 3.70. The van der Waals surface area contributed by atoms with Crippen LogP contribution in [0.15, 0.2) is 36.0 Å². The van der Waals surface area contributed by atoms with Gasteiger partial charge in [0.2, 0.25) is 0 Å². The van der Waals surface area contributed by atoms with Crippen molar-refractivity contribution < 1.29 is 0 Å². The van der Waals surface area contributed by atoms with Crippen LogP contribution in [0.25, 0.3) is 0 Å². The number of hydrogen-bond acceptors (Lipinski definition) is 0. The van der Waals surface area contributed by atoms with Gasteiger partial charge in [-0.15, -0.1) is 6.58 Å². The maximum atomic E-state index is 3.90. The van der Waals surface area contributed by atoms with Crippen LogP contribution >= 0.6 is 0 Å². The molecular formula is C13H22. The van der Waals surface area contributed by atoms with E-state index in [0.717, 1.165) is 0 Å². The summed E-state index contributed by atoms with van der Waals surface area (Å²) in [5, 5.41) is 0. The van der Waals surface area contributed by atoms with Gasteiger partial charge < -0.3 is 0 Å². The molecule has 0 bridgehead atoms. The lowest BCUT2D eigenvalue weighted by molar-refractivity contribution is 0.726. The average Bonchev–Trinajstić information content (AvgIpc) is 2.08. The summed E-state index contributed by atoms with van der Waals surface area (Å²) in [5.41, 5.74) is 2.77. The maximum absolute atomic E-state index is 3.90. The van der Waals surface area contributed by atoms with Gasteiger partial charge in [0.25, 0.3) is 0 Å². The van der Waals surface area contributed by atoms with Gasteiger partial charge in [0.05, 0.1) is 0 Å². The Labute approximate surface area is 83.0 Å². The van der Waals surface area contributed by atoms with Crippen molar-refractivity contribution in [2.45, 2.75) is 46.5 Å². The molecule has 0 nitrogen and oxygen atoms in total. The second kappa shape index (κ2) is 7.85. The molecule has 0 spiro atoms. The van der Waals surface area contributed by atoms with Crippen LogP contribution in [0.4, 0.5) is 0 Å².